The van der Waals surface area contributed by atoms with E-state index in [4.69, 9.17) is 5.73 Å². The fourth-order valence-corrected chi connectivity index (χ4v) is 2.95. The third-order valence-electron chi connectivity index (χ3n) is 4.02. The third-order valence-corrected chi connectivity index (χ3v) is 4.02. The van der Waals surface area contributed by atoms with E-state index < -0.39 is 5.54 Å². The highest BCUT2D eigenvalue weighted by Gasteiger charge is 2.38. The fourth-order valence-electron chi connectivity index (χ4n) is 2.95. The minimum atomic E-state index is -0.783. The molecule has 0 bridgehead atoms. The van der Waals surface area contributed by atoms with Crippen LogP contribution in [0.5, 0.6) is 0 Å². The summed E-state index contributed by atoms with van der Waals surface area (Å²) >= 11 is 0. The van der Waals surface area contributed by atoms with E-state index in [1.165, 1.54) is 11.1 Å². The Hall–Kier alpha value is -1.35. The maximum absolute atomic E-state index is 12.3. The van der Waals surface area contributed by atoms with Crippen LogP contribution in [0.2, 0.25) is 0 Å². The number of carbonyl (C=O) groups excluding carboxylic acids is 1. The molecule has 2 atom stereocenters. The lowest BCUT2D eigenvalue weighted by molar-refractivity contribution is -0.136. The molecule has 0 spiro atoms. The Labute approximate surface area is 115 Å². The second kappa shape index (κ2) is 4.97. The Bertz CT molecular complexity index is 476. The Morgan fingerprint density at radius 1 is 1.37 bits per heavy atom. The Morgan fingerprint density at radius 2 is 2.00 bits per heavy atom. The van der Waals surface area contributed by atoms with Crippen molar-refractivity contribution in [3.05, 3.63) is 35.4 Å². The van der Waals surface area contributed by atoms with E-state index in [1.54, 1.807) is 13.8 Å². The molecule has 1 aromatic rings. The molecule has 0 radical (unpaired) electrons. The minimum Gasteiger partial charge on any atom is -0.338 e. The molecular weight excluding hydrogens is 236 g/mol. The van der Waals surface area contributed by atoms with Crippen LogP contribution in [-0.4, -0.2) is 28.9 Å². The van der Waals surface area contributed by atoms with Gasteiger partial charge in [-0.05, 0) is 45.2 Å². The molecule has 1 amide bonds. The third kappa shape index (κ3) is 2.81. The van der Waals surface area contributed by atoms with Gasteiger partial charge in [0.2, 0.25) is 5.91 Å². The molecule has 1 saturated heterocycles. The van der Waals surface area contributed by atoms with Crippen molar-refractivity contribution in [2.75, 3.05) is 6.54 Å². The Balaban J connectivity index is 2.19. The molecule has 1 aliphatic rings. The van der Waals surface area contributed by atoms with Gasteiger partial charge in [-0.25, -0.2) is 0 Å². The van der Waals surface area contributed by atoms with Gasteiger partial charge < -0.3 is 10.6 Å². The maximum atomic E-state index is 12.3. The zero-order valence-corrected chi connectivity index (χ0v) is 12.3. The van der Waals surface area contributed by atoms with E-state index in [0.717, 1.165) is 13.0 Å². The van der Waals surface area contributed by atoms with Gasteiger partial charge in [0.05, 0.1) is 5.54 Å². The van der Waals surface area contributed by atoms with Crippen molar-refractivity contribution in [1.29, 1.82) is 0 Å². The molecule has 104 valence electrons. The molecule has 0 unspecified atom stereocenters. The number of amides is 1. The summed E-state index contributed by atoms with van der Waals surface area (Å²) in [6.45, 7) is 8.59. The highest BCUT2D eigenvalue weighted by atomic mass is 16.2. The van der Waals surface area contributed by atoms with Gasteiger partial charge in [0, 0.05) is 18.5 Å². The lowest BCUT2D eigenvalue weighted by atomic mass is 9.93. The molecule has 2 N–H and O–H groups in total. The molecular formula is C16H24N2O. The Morgan fingerprint density at radius 3 is 2.58 bits per heavy atom. The number of likely N-dealkylation sites (tertiary alicyclic amines) is 1. The standard InChI is InChI=1S/C16H24N2O/c1-11-7-5-6-8-14(11)13-9-12(2)18(10-13)15(19)16(3,4)17/h5-8,12-13H,9-10,17H2,1-4H3/t12-,13+/m1/s1. The number of benzene rings is 1. The first-order valence-corrected chi connectivity index (χ1v) is 6.96. The van der Waals surface area contributed by atoms with Crippen LogP contribution in [0.3, 0.4) is 0 Å². The number of hydrogen-bond acceptors (Lipinski definition) is 2. The van der Waals surface area contributed by atoms with E-state index in [1.807, 2.05) is 4.90 Å². The molecule has 1 heterocycles. The van der Waals surface area contributed by atoms with Crippen LogP contribution in [0.4, 0.5) is 0 Å². The molecule has 0 saturated carbocycles. The number of carbonyl (C=O) groups is 1. The summed E-state index contributed by atoms with van der Waals surface area (Å²) in [7, 11) is 0. The molecule has 0 aromatic heterocycles. The van der Waals surface area contributed by atoms with Crippen molar-refractivity contribution in [2.24, 2.45) is 5.73 Å². The van der Waals surface area contributed by atoms with Crippen molar-refractivity contribution >= 4 is 5.91 Å². The van der Waals surface area contributed by atoms with E-state index in [-0.39, 0.29) is 11.9 Å². The number of rotatable bonds is 2. The SMILES string of the molecule is Cc1ccccc1[C@H]1C[C@@H](C)N(C(=O)C(C)(C)N)C1. The van der Waals surface area contributed by atoms with Gasteiger partial charge in [0.15, 0.2) is 0 Å². The van der Waals surface area contributed by atoms with Gasteiger partial charge in [0.1, 0.15) is 0 Å². The van der Waals surface area contributed by atoms with Crippen LogP contribution in [0, 0.1) is 6.92 Å². The highest BCUT2D eigenvalue weighted by Crippen LogP contribution is 2.34. The monoisotopic (exact) mass is 260 g/mol. The minimum absolute atomic E-state index is 0.0519. The van der Waals surface area contributed by atoms with Gasteiger partial charge in [-0.15, -0.1) is 0 Å². The first kappa shape index (κ1) is 14.1. The topological polar surface area (TPSA) is 46.3 Å². The average molecular weight is 260 g/mol. The van der Waals surface area contributed by atoms with Crippen molar-refractivity contribution in [1.82, 2.24) is 4.90 Å². The summed E-state index contributed by atoms with van der Waals surface area (Å²) in [4.78, 5) is 14.3. The number of hydrogen-bond donors (Lipinski definition) is 1. The van der Waals surface area contributed by atoms with E-state index in [2.05, 4.69) is 38.1 Å². The van der Waals surface area contributed by atoms with Crippen molar-refractivity contribution in [3.63, 3.8) is 0 Å². The highest BCUT2D eigenvalue weighted by molar-refractivity contribution is 5.85. The molecule has 3 nitrogen and oxygen atoms in total. The van der Waals surface area contributed by atoms with Crippen LogP contribution in [-0.2, 0) is 4.79 Å². The van der Waals surface area contributed by atoms with Crippen LogP contribution >= 0.6 is 0 Å². The lowest BCUT2D eigenvalue weighted by Gasteiger charge is -2.29. The zero-order chi connectivity index (χ0) is 14.2. The number of nitrogens with two attached hydrogens (primary N) is 1. The molecule has 1 fully saturated rings. The predicted molar refractivity (Wildman–Crippen MR) is 78.0 cm³/mol. The number of nitrogens with zero attached hydrogens (tertiary/aromatic N) is 1. The molecule has 1 aliphatic heterocycles. The van der Waals surface area contributed by atoms with Crippen molar-refractivity contribution in [2.45, 2.75) is 51.6 Å². The summed E-state index contributed by atoms with van der Waals surface area (Å²) in [5, 5.41) is 0. The van der Waals surface area contributed by atoms with E-state index in [0.29, 0.717) is 5.92 Å². The number of aryl methyl sites for hydroxylation is 1. The largest absolute Gasteiger partial charge is 0.338 e. The summed E-state index contributed by atoms with van der Waals surface area (Å²) < 4.78 is 0. The van der Waals surface area contributed by atoms with Gasteiger partial charge in [0.25, 0.3) is 0 Å². The second-order valence-electron chi connectivity index (χ2n) is 6.32. The second-order valence-corrected chi connectivity index (χ2v) is 6.32. The lowest BCUT2D eigenvalue weighted by Crippen LogP contribution is -2.52. The quantitative estimate of drug-likeness (QED) is 0.887. The van der Waals surface area contributed by atoms with Gasteiger partial charge in [-0.2, -0.15) is 0 Å². The first-order valence-electron chi connectivity index (χ1n) is 6.96. The average Bonchev–Trinajstić information content (AvgIpc) is 2.69. The summed E-state index contributed by atoms with van der Waals surface area (Å²) in [5.41, 5.74) is 7.83. The summed E-state index contributed by atoms with van der Waals surface area (Å²) in [6.07, 6.45) is 1.02. The van der Waals surface area contributed by atoms with Gasteiger partial charge in [-0.1, -0.05) is 24.3 Å². The van der Waals surface area contributed by atoms with Crippen LogP contribution in [0.15, 0.2) is 24.3 Å². The van der Waals surface area contributed by atoms with E-state index in [9.17, 15) is 4.79 Å². The molecule has 1 aromatic carbocycles. The van der Waals surface area contributed by atoms with Crippen LogP contribution in [0.1, 0.15) is 44.2 Å². The normalized spacial score (nSPS) is 23.7. The van der Waals surface area contributed by atoms with Crippen molar-refractivity contribution < 1.29 is 4.79 Å². The fraction of sp³-hybridized carbons (Fsp3) is 0.562. The van der Waals surface area contributed by atoms with Gasteiger partial charge in [-0.3, -0.25) is 4.79 Å². The summed E-state index contributed by atoms with van der Waals surface area (Å²) in [5.74, 6) is 0.485. The maximum Gasteiger partial charge on any atom is 0.242 e. The van der Waals surface area contributed by atoms with Gasteiger partial charge >= 0.3 is 0 Å². The molecule has 19 heavy (non-hydrogen) atoms. The predicted octanol–water partition coefficient (Wildman–Crippen LogP) is 2.44. The Kier molecular flexibility index (Phi) is 3.68. The molecule has 3 heteroatoms. The zero-order valence-electron chi connectivity index (χ0n) is 12.3. The molecule has 0 aliphatic carbocycles. The van der Waals surface area contributed by atoms with Crippen LogP contribution in [0.25, 0.3) is 0 Å². The molecule has 2 rings (SSSR count). The van der Waals surface area contributed by atoms with E-state index >= 15 is 0 Å². The first-order chi connectivity index (χ1) is 8.80. The van der Waals surface area contributed by atoms with Crippen molar-refractivity contribution in [3.8, 4) is 0 Å². The summed E-state index contributed by atoms with van der Waals surface area (Å²) in [6, 6.07) is 8.71. The smallest absolute Gasteiger partial charge is 0.242 e. The van der Waals surface area contributed by atoms with Crippen LogP contribution < -0.4 is 5.73 Å².